The first-order valence-electron chi connectivity index (χ1n) is 8.08. The number of aromatic amines is 1. The van der Waals surface area contributed by atoms with Crippen molar-refractivity contribution in [1.29, 1.82) is 5.26 Å². The van der Waals surface area contributed by atoms with Gasteiger partial charge in [0.1, 0.15) is 6.07 Å². The number of hydrogen-bond donors (Lipinski definition) is 2. The molecule has 2 heterocycles. The highest BCUT2D eigenvalue weighted by atomic mass is 16.4. The number of fused-ring (bicyclic) bond motifs is 1. The molecule has 0 bridgehead atoms. The smallest absolute Gasteiger partial charge is 0.252 e. The Kier molecular flexibility index (Phi) is 3.96. The largest absolute Gasteiger partial charge is 0.417 e. The zero-order chi connectivity index (χ0) is 17.9. The van der Waals surface area contributed by atoms with Crippen LogP contribution in [0, 0.1) is 18.3 Å². The minimum absolute atomic E-state index is 0.164. The van der Waals surface area contributed by atoms with Crippen LogP contribution in [0.2, 0.25) is 0 Å². The molecule has 0 unspecified atom stereocenters. The number of H-pyrrole nitrogens is 1. The van der Waals surface area contributed by atoms with Crippen LogP contribution < -0.4 is 5.43 Å². The van der Waals surface area contributed by atoms with Crippen molar-refractivity contribution in [1.82, 2.24) is 9.97 Å². The molecular formula is C20H15N5O. The van der Waals surface area contributed by atoms with Gasteiger partial charge in [-0.05, 0) is 31.2 Å². The summed E-state index contributed by atoms with van der Waals surface area (Å²) in [6.07, 6.45) is 3.57. The van der Waals surface area contributed by atoms with E-state index in [1.807, 2.05) is 67.7 Å². The van der Waals surface area contributed by atoms with E-state index in [1.54, 1.807) is 6.21 Å². The van der Waals surface area contributed by atoms with Crippen LogP contribution in [0.4, 0.5) is 5.88 Å². The quantitative estimate of drug-likeness (QED) is 0.424. The molecule has 126 valence electrons. The van der Waals surface area contributed by atoms with Crippen LogP contribution in [0.25, 0.3) is 22.4 Å². The van der Waals surface area contributed by atoms with Gasteiger partial charge in [0.15, 0.2) is 0 Å². The average molecular weight is 341 g/mol. The van der Waals surface area contributed by atoms with Crippen LogP contribution in [0.1, 0.15) is 16.8 Å². The number of rotatable bonds is 4. The summed E-state index contributed by atoms with van der Waals surface area (Å²) in [7, 11) is 0. The Labute approximate surface area is 149 Å². The van der Waals surface area contributed by atoms with E-state index < -0.39 is 0 Å². The second-order valence-electron chi connectivity index (χ2n) is 5.83. The lowest BCUT2D eigenvalue weighted by atomic mass is 10.1. The number of hydrazone groups is 1. The molecule has 6 nitrogen and oxygen atoms in total. The molecule has 0 aliphatic carbocycles. The van der Waals surface area contributed by atoms with Crippen LogP contribution in [0.15, 0.2) is 64.2 Å². The Hall–Kier alpha value is -3.85. The highest BCUT2D eigenvalue weighted by molar-refractivity contribution is 5.98. The predicted molar refractivity (Wildman–Crippen MR) is 101 cm³/mol. The lowest BCUT2D eigenvalue weighted by molar-refractivity contribution is 0.587. The van der Waals surface area contributed by atoms with Gasteiger partial charge in [-0.25, -0.2) is 5.43 Å². The Bertz CT molecular complexity index is 1130. The standard InChI is InChI=1S/C20H15N5O/c1-13-5-7-14(8-6-13)19-24-18(11-21)20(26-19)25-23-12-15-3-2-4-17-16(15)9-10-22-17/h2-10,12,22,25H,1H3. The van der Waals surface area contributed by atoms with Crippen molar-refractivity contribution in [3.05, 3.63) is 71.5 Å². The van der Waals surface area contributed by atoms with Gasteiger partial charge in [-0.2, -0.15) is 15.3 Å². The number of nitrogens with one attached hydrogen (secondary N) is 2. The van der Waals surface area contributed by atoms with E-state index in [2.05, 4.69) is 20.5 Å². The first-order valence-corrected chi connectivity index (χ1v) is 8.08. The summed E-state index contributed by atoms with van der Waals surface area (Å²) in [5.41, 5.74) is 6.88. The summed E-state index contributed by atoms with van der Waals surface area (Å²) in [4.78, 5) is 7.38. The third-order valence-electron chi connectivity index (χ3n) is 4.03. The molecule has 0 aliphatic heterocycles. The monoisotopic (exact) mass is 341 g/mol. The average Bonchev–Trinajstić information content (AvgIpc) is 3.29. The minimum Gasteiger partial charge on any atom is -0.417 e. The van der Waals surface area contributed by atoms with Crippen molar-refractivity contribution in [3.63, 3.8) is 0 Å². The van der Waals surface area contributed by atoms with Gasteiger partial charge in [-0.3, -0.25) is 0 Å². The van der Waals surface area contributed by atoms with Gasteiger partial charge in [0.05, 0.1) is 6.21 Å². The van der Waals surface area contributed by atoms with Crippen molar-refractivity contribution in [2.45, 2.75) is 6.92 Å². The zero-order valence-electron chi connectivity index (χ0n) is 14.0. The molecule has 0 radical (unpaired) electrons. The number of benzene rings is 2. The van der Waals surface area contributed by atoms with E-state index in [0.717, 1.165) is 27.6 Å². The maximum absolute atomic E-state index is 9.28. The summed E-state index contributed by atoms with van der Waals surface area (Å²) < 4.78 is 5.68. The zero-order valence-corrected chi connectivity index (χ0v) is 14.0. The van der Waals surface area contributed by atoms with Crippen molar-refractivity contribution in [2.75, 3.05) is 5.43 Å². The molecule has 0 atom stereocenters. The Morgan fingerprint density at radius 3 is 2.85 bits per heavy atom. The molecule has 0 amide bonds. The topological polar surface area (TPSA) is 90.0 Å². The highest BCUT2D eigenvalue weighted by Crippen LogP contribution is 2.25. The van der Waals surface area contributed by atoms with Crippen molar-refractivity contribution in [2.24, 2.45) is 5.10 Å². The highest BCUT2D eigenvalue weighted by Gasteiger charge is 2.14. The van der Waals surface area contributed by atoms with Gasteiger partial charge >= 0.3 is 0 Å². The molecule has 2 N–H and O–H groups in total. The van der Waals surface area contributed by atoms with Crippen molar-refractivity contribution in [3.8, 4) is 17.5 Å². The summed E-state index contributed by atoms with van der Waals surface area (Å²) >= 11 is 0. The molecule has 2 aromatic heterocycles. The van der Waals surface area contributed by atoms with Crippen LogP contribution in [-0.2, 0) is 0 Å². The van der Waals surface area contributed by atoms with Crippen LogP contribution in [0.3, 0.4) is 0 Å². The number of nitriles is 1. The molecule has 0 aliphatic rings. The third-order valence-corrected chi connectivity index (χ3v) is 4.03. The number of aryl methyl sites for hydroxylation is 1. The molecule has 0 saturated carbocycles. The van der Waals surface area contributed by atoms with E-state index in [0.29, 0.717) is 5.89 Å². The first kappa shape index (κ1) is 15.7. The van der Waals surface area contributed by atoms with E-state index in [9.17, 15) is 5.26 Å². The molecule has 0 spiro atoms. The van der Waals surface area contributed by atoms with E-state index >= 15 is 0 Å². The minimum atomic E-state index is 0.164. The maximum atomic E-state index is 9.28. The predicted octanol–water partition coefficient (Wildman–Crippen LogP) is 4.45. The van der Waals surface area contributed by atoms with E-state index in [1.165, 1.54) is 0 Å². The fourth-order valence-corrected chi connectivity index (χ4v) is 2.67. The van der Waals surface area contributed by atoms with Gasteiger partial charge in [-0.15, -0.1) is 0 Å². The lowest BCUT2D eigenvalue weighted by Crippen LogP contribution is -1.91. The van der Waals surface area contributed by atoms with Gasteiger partial charge in [0.2, 0.25) is 11.6 Å². The lowest BCUT2D eigenvalue weighted by Gasteiger charge is -1.98. The first-order chi connectivity index (χ1) is 12.7. The van der Waals surface area contributed by atoms with E-state index in [4.69, 9.17) is 4.42 Å². The molecule has 4 rings (SSSR count). The van der Waals surface area contributed by atoms with E-state index in [-0.39, 0.29) is 11.6 Å². The van der Waals surface area contributed by atoms with Crippen LogP contribution in [0.5, 0.6) is 0 Å². The second kappa shape index (κ2) is 6.57. The number of hydrogen-bond acceptors (Lipinski definition) is 5. The number of aromatic nitrogens is 2. The van der Waals surface area contributed by atoms with Crippen molar-refractivity contribution >= 4 is 23.0 Å². The van der Waals surface area contributed by atoms with Crippen LogP contribution in [-0.4, -0.2) is 16.2 Å². The number of nitrogens with zero attached hydrogens (tertiary/aromatic N) is 3. The molecular weight excluding hydrogens is 326 g/mol. The Balaban J connectivity index is 1.59. The van der Waals surface area contributed by atoms with Gasteiger partial charge in [0.25, 0.3) is 5.88 Å². The maximum Gasteiger partial charge on any atom is 0.252 e. The van der Waals surface area contributed by atoms with Gasteiger partial charge in [0, 0.05) is 28.2 Å². The summed E-state index contributed by atoms with van der Waals surface area (Å²) in [6, 6.07) is 17.7. The number of oxazole rings is 1. The Morgan fingerprint density at radius 2 is 2.04 bits per heavy atom. The molecule has 2 aromatic carbocycles. The Morgan fingerprint density at radius 1 is 1.19 bits per heavy atom. The normalized spacial score (nSPS) is 11.1. The summed E-state index contributed by atoms with van der Waals surface area (Å²) in [5.74, 6) is 0.604. The molecule has 0 saturated heterocycles. The van der Waals surface area contributed by atoms with Crippen molar-refractivity contribution < 1.29 is 4.42 Å². The third kappa shape index (κ3) is 2.94. The molecule has 6 heteroatoms. The molecule has 4 aromatic rings. The fourth-order valence-electron chi connectivity index (χ4n) is 2.67. The summed E-state index contributed by atoms with van der Waals surface area (Å²) in [6.45, 7) is 2.01. The second-order valence-corrected chi connectivity index (χ2v) is 5.83. The SMILES string of the molecule is Cc1ccc(-c2nc(C#N)c(NN=Cc3cccc4[nH]ccc34)o2)cc1. The number of anilines is 1. The molecule has 26 heavy (non-hydrogen) atoms. The van der Waals surface area contributed by atoms with Crippen LogP contribution >= 0.6 is 0 Å². The molecule has 0 fully saturated rings. The summed E-state index contributed by atoms with van der Waals surface area (Å²) in [5, 5.41) is 14.5. The van der Waals surface area contributed by atoms with Gasteiger partial charge < -0.3 is 9.40 Å². The fraction of sp³-hybridized carbons (Fsp3) is 0.0500. The van der Waals surface area contributed by atoms with Gasteiger partial charge in [-0.1, -0.05) is 29.8 Å².